The van der Waals surface area contributed by atoms with Crippen LogP contribution in [-0.2, 0) is 29.1 Å². The Hall–Kier alpha value is -1.16. The molecule has 1 atom stereocenters. The monoisotopic (exact) mass is 389 g/mol. The molecule has 0 bridgehead atoms. The molecule has 1 aromatic rings. The first-order valence-electron chi connectivity index (χ1n) is 8.18. The van der Waals surface area contributed by atoms with E-state index in [1.165, 1.54) is 12.1 Å². The lowest BCUT2D eigenvalue weighted by atomic mass is 9.97. The third kappa shape index (κ3) is 4.16. The highest BCUT2D eigenvalue weighted by Gasteiger charge is 2.32. The zero-order chi connectivity index (χ0) is 18.2. The van der Waals surface area contributed by atoms with Crippen molar-refractivity contribution in [2.75, 3.05) is 43.7 Å². The zero-order valence-electron chi connectivity index (χ0n) is 14.3. The minimum Gasteiger partial charge on any atom is -0.370 e. The van der Waals surface area contributed by atoms with E-state index in [0.717, 1.165) is 25.4 Å². The van der Waals surface area contributed by atoms with Gasteiger partial charge in [-0.15, -0.1) is 0 Å². The second-order valence-electron chi connectivity index (χ2n) is 6.63. The normalized spacial score (nSPS) is 23.1. The van der Waals surface area contributed by atoms with Crippen molar-refractivity contribution in [3.05, 3.63) is 18.2 Å². The number of nitrogens with zero attached hydrogens (tertiary/aromatic N) is 1. The number of hydrogen-bond donors (Lipinski definition) is 0. The Labute approximate surface area is 148 Å². The first-order chi connectivity index (χ1) is 11.7. The number of sulfone groups is 2. The Bertz CT molecular complexity index is 843. The van der Waals surface area contributed by atoms with Gasteiger partial charge < -0.3 is 14.4 Å². The summed E-state index contributed by atoms with van der Waals surface area (Å²) in [5, 5.41) is 0. The molecule has 2 saturated heterocycles. The predicted octanol–water partition coefficient (Wildman–Crippen LogP) is 1.08. The fourth-order valence-electron chi connectivity index (χ4n) is 3.38. The average molecular weight is 389 g/mol. The second kappa shape index (κ2) is 6.86. The summed E-state index contributed by atoms with van der Waals surface area (Å²) in [7, 11) is -7.05. The molecule has 0 spiro atoms. The van der Waals surface area contributed by atoms with Gasteiger partial charge in [0.25, 0.3) is 0 Å². The minimum absolute atomic E-state index is 0.00712. The summed E-state index contributed by atoms with van der Waals surface area (Å²) in [5.74, 6) is 0.165. The van der Waals surface area contributed by atoms with Crippen LogP contribution in [0.2, 0.25) is 0 Å². The van der Waals surface area contributed by atoms with Gasteiger partial charge in [0.1, 0.15) is 0 Å². The van der Waals surface area contributed by atoms with E-state index in [9.17, 15) is 16.8 Å². The molecule has 0 N–H and O–H groups in total. The van der Waals surface area contributed by atoms with E-state index >= 15 is 0 Å². The van der Waals surface area contributed by atoms with Gasteiger partial charge >= 0.3 is 0 Å². The van der Waals surface area contributed by atoms with Crippen molar-refractivity contribution < 1.29 is 26.3 Å². The van der Waals surface area contributed by atoms with E-state index in [-0.39, 0.29) is 22.0 Å². The molecular weight excluding hydrogens is 366 g/mol. The van der Waals surface area contributed by atoms with Gasteiger partial charge in [0.15, 0.2) is 26.0 Å². The van der Waals surface area contributed by atoms with Gasteiger partial charge in [0.05, 0.1) is 28.7 Å². The van der Waals surface area contributed by atoms with Crippen molar-refractivity contribution in [1.29, 1.82) is 0 Å². The summed E-state index contributed by atoms with van der Waals surface area (Å²) in [6, 6.07) is 4.31. The summed E-state index contributed by atoms with van der Waals surface area (Å²) in [5.41, 5.74) is 0.539. The van der Waals surface area contributed by atoms with Crippen molar-refractivity contribution in [1.82, 2.24) is 0 Å². The molecule has 2 heterocycles. The molecule has 0 radical (unpaired) electrons. The third-order valence-corrected chi connectivity index (χ3v) is 6.83. The predicted molar refractivity (Wildman–Crippen MR) is 93.3 cm³/mol. The number of anilines is 1. The maximum atomic E-state index is 12.2. The average Bonchev–Trinajstić information content (AvgIpc) is 3.07. The van der Waals surface area contributed by atoms with Gasteiger partial charge in [-0.3, -0.25) is 0 Å². The molecule has 2 fully saturated rings. The maximum Gasteiger partial charge on any atom is 0.177 e. The molecule has 140 valence electrons. The Balaban J connectivity index is 1.95. The number of rotatable bonds is 4. The number of benzene rings is 1. The van der Waals surface area contributed by atoms with Crippen LogP contribution in [-0.4, -0.2) is 61.9 Å². The van der Waals surface area contributed by atoms with Gasteiger partial charge in [0, 0.05) is 31.5 Å². The molecule has 3 rings (SSSR count). The standard InChI is InChI=1S/C16H23NO6S2/c1-24(18,19)13-5-6-14(15(10-13)25(2,20)21)17-7-3-4-12(11-17)16-22-8-9-23-16/h5-6,10,12,16H,3-4,7-9,11H2,1-2H3. The maximum absolute atomic E-state index is 12.2. The summed E-state index contributed by atoms with van der Waals surface area (Å²) in [6.07, 6.45) is 3.77. The van der Waals surface area contributed by atoms with E-state index in [0.29, 0.717) is 32.0 Å². The topological polar surface area (TPSA) is 90.0 Å². The molecule has 0 saturated carbocycles. The lowest BCUT2D eigenvalue weighted by Gasteiger charge is -2.37. The van der Waals surface area contributed by atoms with E-state index in [4.69, 9.17) is 9.47 Å². The molecule has 1 unspecified atom stereocenters. The highest BCUT2D eigenvalue weighted by atomic mass is 32.2. The highest BCUT2D eigenvalue weighted by molar-refractivity contribution is 7.91. The molecule has 2 aliphatic heterocycles. The van der Waals surface area contributed by atoms with E-state index in [2.05, 4.69) is 0 Å². The lowest BCUT2D eigenvalue weighted by molar-refractivity contribution is -0.0858. The number of piperidine rings is 1. The van der Waals surface area contributed by atoms with Gasteiger partial charge in [0.2, 0.25) is 0 Å². The summed E-state index contributed by atoms with van der Waals surface area (Å²) in [6.45, 7) is 2.49. The molecule has 0 aromatic heterocycles. The molecule has 0 aliphatic carbocycles. The SMILES string of the molecule is CS(=O)(=O)c1ccc(N2CCCC(C3OCCO3)C2)c(S(C)(=O)=O)c1. The summed E-state index contributed by atoms with van der Waals surface area (Å²) >= 11 is 0. The van der Waals surface area contributed by atoms with Gasteiger partial charge in [-0.1, -0.05) is 0 Å². The van der Waals surface area contributed by atoms with Crippen LogP contribution < -0.4 is 4.90 Å². The fraction of sp³-hybridized carbons (Fsp3) is 0.625. The van der Waals surface area contributed by atoms with Crippen LogP contribution in [0.4, 0.5) is 5.69 Å². The lowest BCUT2D eigenvalue weighted by Crippen LogP contribution is -2.41. The molecule has 9 heteroatoms. The Morgan fingerprint density at radius 1 is 1.04 bits per heavy atom. The Morgan fingerprint density at radius 2 is 1.72 bits per heavy atom. The van der Waals surface area contributed by atoms with Crippen LogP contribution >= 0.6 is 0 Å². The molecule has 2 aliphatic rings. The first kappa shape index (κ1) is 18.6. The van der Waals surface area contributed by atoms with Crippen molar-refractivity contribution in [2.24, 2.45) is 5.92 Å². The number of ether oxygens (including phenoxy) is 2. The molecule has 1 aromatic carbocycles. The zero-order valence-corrected chi connectivity index (χ0v) is 16.0. The number of hydrogen-bond acceptors (Lipinski definition) is 7. The van der Waals surface area contributed by atoms with Crippen LogP contribution in [0.5, 0.6) is 0 Å². The van der Waals surface area contributed by atoms with Crippen molar-refractivity contribution in [3.8, 4) is 0 Å². The van der Waals surface area contributed by atoms with E-state index < -0.39 is 19.7 Å². The summed E-state index contributed by atoms with van der Waals surface area (Å²) in [4.78, 5) is 2.04. The largest absolute Gasteiger partial charge is 0.370 e. The van der Waals surface area contributed by atoms with Gasteiger partial charge in [-0.05, 0) is 31.0 Å². The van der Waals surface area contributed by atoms with Gasteiger partial charge in [-0.2, -0.15) is 0 Å². The van der Waals surface area contributed by atoms with Crippen molar-refractivity contribution in [3.63, 3.8) is 0 Å². The molecular formula is C16H23NO6S2. The summed E-state index contributed by atoms with van der Waals surface area (Å²) < 4.78 is 59.2. The first-order valence-corrected chi connectivity index (χ1v) is 12.0. The van der Waals surface area contributed by atoms with Crippen LogP contribution in [0.3, 0.4) is 0 Å². The van der Waals surface area contributed by atoms with Crippen LogP contribution in [0, 0.1) is 5.92 Å². The van der Waals surface area contributed by atoms with Crippen molar-refractivity contribution in [2.45, 2.75) is 28.9 Å². The molecule has 7 nitrogen and oxygen atoms in total. The van der Waals surface area contributed by atoms with Crippen LogP contribution in [0.1, 0.15) is 12.8 Å². The highest BCUT2D eigenvalue weighted by Crippen LogP contribution is 2.33. The Kier molecular flexibility index (Phi) is 5.11. The van der Waals surface area contributed by atoms with Crippen molar-refractivity contribution >= 4 is 25.4 Å². The smallest absolute Gasteiger partial charge is 0.177 e. The van der Waals surface area contributed by atoms with E-state index in [1.54, 1.807) is 6.07 Å². The molecule has 25 heavy (non-hydrogen) atoms. The van der Waals surface area contributed by atoms with Crippen LogP contribution in [0.25, 0.3) is 0 Å². The third-order valence-electron chi connectivity index (χ3n) is 4.59. The Morgan fingerprint density at radius 3 is 2.32 bits per heavy atom. The fourth-order valence-corrected chi connectivity index (χ4v) is 5.02. The quantitative estimate of drug-likeness (QED) is 0.761. The second-order valence-corrected chi connectivity index (χ2v) is 10.6. The molecule has 0 amide bonds. The minimum atomic E-state index is -3.57. The van der Waals surface area contributed by atoms with Gasteiger partial charge in [-0.25, -0.2) is 16.8 Å². The van der Waals surface area contributed by atoms with E-state index in [1.807, 2.05) is 4.90 Å². The van der Waals surface area contributed by atoms with Crippen LogP contribution in [0.15, 0.2) is 28.0 Å².